The molecule has 0 aromatic heterocycles. The lowest BCUT2D eigenvalue weighted by Crippen LogP contribution is -1.93. The number of hydrogen-bond donors (Lipinski definition) is 0. The van der Waals surface area contributed by atoms with E-state index in [1.807, 2.05) is 12.1 Å². The monoisotopic (exact) mass is 278 g/mol. The van der Waals surface area contributed by atoms with Crippen molar-refractivity contribution in [1.29, 1.82) is 0 Å². The zero-order chi connectivity index (χ0) is 13.1. The maximum absolute atomic E-state index is 6.20. The SMILES string of the molecule is CC(C)Cc1ccc(-c2ccc(Cl)cc2Cl)cc1. The van der Waals surface area contributed by atoms with Gasteiger partial charge in [0.25, 0.3) is 0 Å². The van der Waals surface area contributed by atoms with E-state index in [4.69, 9.17) is 23.2 Å². The molecule has 0 unspecified atom stereocenters. The van der Waals surface area contributed by atoms with Crippen LogP contribution in [0.1, 0.15) is 19.4 Å². The molecule has 2 rings (SSSR count). The molecule has 0 nitrogen and oxygen atoms in total. The van der Waals surface area contributed by atoms with Crippen molar-refractivity contribution < 1.29 is 0 Å². The van der Waals surface area contributed by atoms with Crippen LogP contribution in [0.4, 0.5) is 0 Å². The molecule has 0 bridgehead atoms. The van der Waals surface area contributed by atoms with Gasteiger partial charge in [0.2, 0.25) is 0 Å². The van der Waals surface area contributed by atoms with Gasteiger partial charge in [0.1, 0.15) is 0 Å². The van der Waals surface area contributed by atoms with Crippen molar-refractivity contribution in [2.45, 2.75) is 20.3 Å². The van der Waals surface area contributed by atoms with Gasteiger partial charge in [-0.3, -0.25) is 0 Å². The Kier molecular flexibility index (Phi) is 4.31. The number of hydrogen-bond acceptors (Lipinski definition) is 0. The molecule has 0 aliphatic heterocycles. The fourth-order valence-electron chi connectivity index (χ4n) is 2.02. The molecule has 2 aromatic rings. The molecule has 0 N–H and O–H groups in total. The molecule has 0 radical (unpaired) electrons. The smallest absolute Gasteiger partial charge is 0.0499 e. The van der Waals surface area contributed by atoms with Crippen LogP contribution >= 0.6 is 23.2 Å². The molecule has 2 heteroatoms. The average Bonchev–Trinajstić information content (AvgIpc) is 2.30. The van der Waals surface area contributed by atoms with Gasteiger partial charge in [0, 0.05) is 15.6 Å². The van der Waals surface area contributed by atoms with Gasteiger partial charge in [-0.05, 0) is 35.6 Å². The molecule has 0 atom stereocenters. The summed E-state index contributed by atoms with van der Waals surface area (Å²) in [5.41, 5.74) is 3.51. The van der Waals surface area contributed by atoms with Crippen molar-refractivity contribution in [3.63, 3.8) is 0 Å². The summed E-state index contributed by atoms with van der Waals surface area (Å²) in [4.78, 5) is 0. The van der Waals surface area contributed by atoms with E-state index < -0.39 is 0 Å². The summed E-state index contributed by atoms with van der Waals surface area (Å²) < 4.78 is 0. The quantitative estimate of drug-likeness (QED) is 0.660. The van der Waals surface area contributed by atoms with Crippen LogP contribution in [0.25, 0.3) is 11.1 Å². The summed E-state index contributed by atoms with van der Waals surface area (Å²) in [5.74, 6) is 0.676. The van der Waals surface area contributed by atoms with E-state index in [2.05, 4.69) is 38.1 Å². The highest BCUT2D eigenvalue weighted by Gasteiger charge is 2.04. The number of halogens is 2. The average molecular weight is 279 g/mol. The third kappa shape index (κ3) is 3.28. The highest BCUT2D eigenvalue weighted by Crippen LogP contribution is 2.30. The fourth-order valence-corrected chi connectivity index (χ4v) is 2.53. The van der Waals surface area contributed by atoms with E-state index in [0.29, 0.717) is 16.0 Å². The van der Waals surface area contributed by atoms with Crippen LogP contribution in [0.2, 0.25) is 10.0 Å². The molecule has 0 saturated carbocycles. The van der Waals surface area contributed by atoms with Crippen LogP contribution in [0.3, 0.4) is 0 Å². The summed E-state index contributed by atoms with van der Waals surface area (Å²) in [5, 5.41) is 1.36. The standard InChI is InChI=1S/C16H16Cl2/c1-11(2)9-12-3-5-13(6-4-12)15-8-7-14(17)10-16(15)18/h3-8,10-11H,9H2,1-2H3. The Morgan fingerprint density at radius 3 is 2.17 bits per heavy atom. The second kappa shape index (κ2) is 5.77. The Balaban J connectivity index is 2.28. The molecular formula is C16H16Cl2. The van der Waals surface area contributed by atoms with Crippen LogP contribution < -0.4 is 0 Å². The molecular weight excluding hydrogens is 263 g/mol. The van der Waals surface area contributed by atoms with Crippen molar-refractivity contribution in [2.75, 3.05) is 0 Å². The largest absolute Gasteiger partial charge is 0.0843 e. The van der Waals surface area contributed by atoms with Crippen LogP contribution in [0, 0.1) is 5.92 Å². The van der Waals surface area contributed by atoms with Crippen molar-refractivity contribution in [1.82, 2.24) is 0 Å². The number of benzene rings is 2. The van der Waals surface area contributed by atoms with E-state index >= 15 is 0 Å². The minimum absolute atomic E-state index is 0.667. The van der Waals surface area contributed by atoms with Crippen molar-refractivity contribution in [3.05, 3.63) is 58.1 Å². The molecule has 0 amide bonds. The first-order valence-electron chi connectivity index (χ1n) is 6.10. The zero-order valence-electron chi connectivity index (χ0n) is 10.6. The van der Waals surface area contributed by atoms with Crippen LogP contribution in [-0.2, 0) is 6.42 Å². The van der Waals surface area contributed by atoms with Crippen molar-refractivity contribution >= 4 is 23.2 Å². The van der Waals surface area contributed by atoms with E-state index in [0.717, 1.165) is 17.5 Å². The van der Waals surface area contributed by atoms with Gasteiger partial charge in [0.05, 0.1) is 0 Å². The Hall–Kier alpha value is -0.980. The maximum atomic E-state index is 6.20. The van der Waals surface area contributed by atoms with E-state index in [1.54, 1.807) is 6.07 Å². The summed E-state index contributed by atoms with van der Waals surface area (Å²) in [6.45, 7) is 4.45. The van der Waals surface area contributed by atoms with Crippen LogP contribution in [0.15, 0.2) is 42.5 Å². The number of rotatable bonds is 3. The lowest BCUT2D eigenvalue weighted by atomic mass is 9.99. The lowest BCUT2D eigenvalue weighted by molar-refractivity contribution is 0.647. The Morgan fingerprint density at radius 2 is 1.61 bits per heavy atom. The summed E-state index contributed by atoms with van der Waals surface area (Å²) in [6.07, 6.45) is 1.11. The fraction of sp³-hybridized carbons (Fsp3) is 0.250. The van der Waals surface area contributed by atoms with Gasteiger partial charge < -0.3 is 0 Å². The van der Waals surface area contributed by atoms with Gasteiger partial charge in [-0.15, -0.1) is 0 Å². The first kappa shape index (κ1) is 13.5. The van der Waals surface area contributed by atoms with Gasteiger partial charge >= 0.3 is 0 Å². The normalized spacial score (nSPS) is 10.9. The molecule has 0 fully saturated rings. The molecule has 18 heavy (non-hydrogen) atoms. The van der Waals surface area contributed by atoms with Crippen LogP contribution in [0.5, 0.6) is 0 Å². The molecule has 0 saturated heterocycles. The maximum Gasteiger partial charge on any atom is 0.0499 e. The van der Waals surface area contributed by atoms with Gasteiger partial charge in [0.15, 0.2) is 0 Å². The Bertz CT molecular complexity index is 527. The van der Waals surface area contributed by atoms with Crippen molar-refractivity contribution in [2.24, 2.45) is 5.92 Å². The predicted octanol–water partition coefficient (Wildman–Crippen LogP) is 5.86. The second-order valence-electron chi connectivity index (χ2n) is 4.92. The zero-order valence-corrected chi connectivity index (χ0v) is 12.1. The second-order valence-corrected chi connectivity index (χ2v) is 5.76. The minimum Gasteiger partial charge on any atom is -0.0843 e. The van der Waals surface area contributed by atoms with Crippen LogP contribution in [-0.4, -0.2) is 0 Å². The Labute approximate surface area is 119 Å². The third-order valence-electron chi connectivity index (χ3n) is 2.84. The summed E-state index contributed by atoms with van der Waals surface area (Å²) in [6, 6.07) is 14.2. The van der Waals surface area contributed by atoms with Crippen molar-refractivity contribution in [3.8, 4) is 11.1 Å². The summed E-state index contributed by atoms with van der Waals surface area (Å²) >= 11 is 12.1. The highest BCUT2D eigenvalue weighted by molar-refractivity contribution is 6.36. The molecule has 0 aliphatic carbocycles. The highest BCUT2D eigenvalue weighted by atomic mass is 35.5. The summed E-state index contributed by atoms with van der Waals surface area (Å²) in [7, 11) is 0. The van der Waals surface area contributed by atoms with Gasteiger partial charge in [-0.25, -0.2) is 0 Å². The molecule has 94 valence electrons. The lowest BCUT2D eigenvalue weighted by Gasteiger charge is -2.08. The third-order valence-corrected chi connectivity index (χ3v) is 3.39. The van der Waals surface area contributed by atoms with Gasteiger partial charge in [-0.2, -0.15) is 0 Å². The molecule has 0 heterocycles. The van der Waals surface area contributed by atoms with E-state index in [-0.39, 0.29) is 0 Å². The predicted molar refractivity (Wildman–Crippen MR) is 80.4 cm³/mol. The van der Waals surface area contributed by atoms with Gasteiger partial charge in [-0.1, -0.05) is 67.4 Å². The van der Waals surface area contributed by atoms with E-state index in [1.165, 1.54) is 5.56 Å². The minimum atomic E-state index is 0.667. The first-order chi connectivity index (χ1) is 8.56. The first-order valence-corrected chi connectivity index (χ1v) is 6.86. The molecule has 0 aliphatic rings. The Morgan fingerprint density at radius 1 is 0.944 bits per heavy atom. The van der Waals surface area contributed by atoms with E-state index in [9.17, 15) is 0 Å². The molecule has 0 spiro atoms. The molecule has 2 aromatic carbocycles. The topological polar surface area (TPSA) is 0 Å².